The number of hydrogen-bond donors (Lipinski definition) is 1. The normalized spacial score (nSPS) is 9.54. The number of rotatable bonds is 5. The monoisotopic (exact) mass is 360 g/mol. The summed E-state index contributed by atoms with van der Waals surface area (Å²) in [6.45, 7) is 2.89. The molecule has 2 rings (SSSR count). The molecule has 0 amide bonds. The number of carbonyl (C=O) groups excluding carboxylic acids is 2. The van der Waals surface area contributed by atoms with Crippen LogP contribution in [0, 0.1) is 10.1 Å². The average molecular weight is 360 g/mol. The van der Waals surface area contributed by atoms with Crippen LogP contribution in [0.15, 0.2) is 36.4 Å². The first-order valence-corrected chi connectivity index (χ1v) is 7.49. The van der Waals surface area contributed by atoms with Crippen molar-refractivity contribution in [3.8, 4) is 11.5 Å². The second kappa shape index (κ2) is 9.16. The molecule has 0 spiro atoms. The van der Waals surface area contributed by atoms with Gasteiger partial charge in [-0.25, -0.2) is 0 Å². The van der Waals surface area contributed by atoms with Crippen LogP contribution in [0.25, 0.3) is 0 Å². The number of hydrogen-bond acceptors (Lipinski definition) is 7. The molecule has 2 aromatic rings. The Labute approximate surface area is 150 Å². The van der Waals surface area contributed by atoms with Gasteiger partial charge >= 0.3 is 5.69 Å². The molecule has 138 valence electrons. The number of ether oxygens (including phenoxy) is 2. The maximum absolute atomic E-state index is 11.0. The van der Waals surface area contributed by atoms with Crippen molar-refractivity contribution in [2.75, 3.05) is 20.0 Å². The highest BCUT2D eigenvalue weighted by Crippen LogP contribution is 2.27. The number of nitro benzene ring substituents is 1. The van der Waals surface area contributed by atoms with Crippen molar-refractivity contribution in [1.82, 2.24) is 0 Å². The Morgan fingerprint density at radius 3 is 1.81 bits per heavy atom. The summed E-state index contributed by atoms with van der Waals surface area (Å²) in [6, 6.07) is 9.01. The Bertz CT molecular complexity index is 832. The highest BCUT2D eigenvalue weighted by Gasteiger charge is 2.15. The van der Waals surface area contributed by atoms with E-state index in [0.717, 1.165) is 0 Å². The molecule has 0 saturated heterocycles. The number of benzene rings is 2. The first-order chi connectivity index (χ1) is 12.2. The van der Waals surface area contributed by atoms with E-state index in [4.69, 9.17) is 15.2 Å². The summed E-state index contributed by atoms with van der Waals surface area (Å²) >= 11 is 0. The number of nitrogens with two attached hydrogens (primary N) is 1. The SMILES string of the molecule is COc1cc(C(C)=O)ccc1N.COc1cc(C(C)=O)ccc1[N+](=O)[O-]. The number of carbonyl (C=O) groups is 2. The van der Waals surface area contributed by atoms with Gasteiger partial charge in [0.2, 0.25) is 0 Å². The standard InChI is InChI=1S/C9H9NO4.C9H11NO2/c1-6(11)7-3-4-8(10(12)13)9(5-7)14-2;1-6(11)7-3-4-8(10)9(5-7)12-2/h3-5H,1-2H3;3-5H,10H2,1-2H3. The average Bonchev–Trinajstić information content (AvgIpc) is 2.61. The van der Waals surface area contributed by atoms with Crippen LogP contribution in [-0.2, 0) is 0 Å². The first-order valence-electron chi connectivity index (χ1n) is 7.49. The third-order valence-electron chi connectivity index (χ3n) is 3.42. The molecular weight excluding hydrogens is 340 g/mol. The number of methoxy groups -OCH3 is 2. The van der Waals surface area contributed by atoms with E-state index in [0.29, 0.717) is 22.6 Å². The lowest BCUT2D eigenvalue weighted by atomic mass is 10.1. The lowest BCUT2D eigenvalue weighted by molar-refractivity contribution is -0.385. The first kappa shape index (κ1) is 20.6. The minimum Gasteiger partial charge on any atom is -0.495 e. The second-order valence-electron chi connectivity index (χ2n) is 5.21. The van der Waals surface area contributed by atoms with Crippen molar-refractivity contribution >= 4 is 22.9 Å². The largest absolute Gasteiger partial charge is 0.495 e. The predicted octanol–water partition coefficient (Wildman–Crippen LogP) is 3.29. The minimum atomic E-state index is -0.553. The van der Waals surface area contributed by atoms with Crippen LogP contribution in [0.5, 0.6) is 11.5 Å². The number of anilines is 1. The molecular formula is C18H20N2O6. The number of ketones is 2. The molecule has 8 nitrogen and oxygen atoms in total. The maximum Gasteiger partial charge on any atom is 0.310 e. The van der Waals surface area contributed by atoms with Gasteiger partial charge in [-0.3, -0.25) is 19.7 Å². The van der Waals surface area contributed by atoms with E-state index < -0.39 is 4.92 Å². The van der Waals surface area contributed by atoms with Gasteiger partial charge in [0.15, 0.2) is 17.3 Å². The Balaban J connectivity index is 0.000000263. The molecule has 26 heavy (non-hydrogen) atoms. The van der Waals surface area contributed by atoms with Gasteiger partial charge < -0.3 is 15.2 Å². The van der Waals surface area contributed by atoms with E-state index in [2.05, 4.69) is 0 Å². The summed E-state index contributed by atoms with van der Waals surface area (Å²) in [5.41, 5.74) is 6.97. The lowest BCUT2D eigenvalue weighted by Crippen LogP contribution is -1.97. The highest BCUT2D eigenvalue weighted by atomic mass is 16.6. The Morgan fingerprint density at radius 1 is 0.923 bits per heavy atom. The van der Waals surface area contributed by atoms with Crippen molar-refractivity contribution in [3.63, 3.8) is 0 Å². The molecule has 0 aliphatic heterocycles. The Hall–Kier alpha value is -3.42. The maximum atomic E-state index is 11.0. The second-order valence-corrected chi connectivity index (χ2v) is 5.21. The van der Waals surface area contributed by atoms with Gasteiger partial charge in [-0.1, -0.05) is 0 Å². The third kappa shape index (κ3) is 5.30. The van der Waals surface area contributed by atoms with E-state index in [1.807, 2.05) is 0 Å². The zero-order valence-corrected chi connectivity index (χ0v) is 14.9. The summed E-state index contributed by atoms with van der Waals surface area (Å²) in [5.74, 6) is 0.497. The summed E-state index contributed by atoms with van der Waals surface area (Å²) in [4.78, 5) is 31.8. The van der Waals surface area contributed by atoms with Gasteiger partial charge in [-0.2, -0.15) is 0 Å². The topological polar surface area (TPSA) is 122 Å². The summed E-state index contributed by atoms with van der Waals surface area (Å²) in [6.07, 6.45) is 0. The van der Waals surface area contributed by atoms with E-state index in [9.17, 15) is 19.7 Å². The number of nitro groups is 1. The van der Waals surface area contributed by atoms with Crippen LogP contribution < -0.4 is 15.2 Å². The third-order valence-corrected chi connectivity index (χ3v) is 3.42. The molecule has 0 bridgehead atoms. The van der Waals surface area contributed by atoms with E-state index in [1.165, 1.54) is 46.3 Å². The lowest BCUT2D eigenvalue weighted by Gasteiger charge is -2.04. The quantitative estimate of drug-likeness (QED) is 0.376. The Kier molecular flexibility index (Phi) is 7.27. The van der Waals surface area contributed by atoms with Crippen LogP contribution in [0.4, 0.5) is 11.4 Å². The van der Waals surface area contributed by atoms with E-state index in [1.54, 1.807) is 18.2 Å². The van der Waals surface area contributed by atoms with Crippen molar-refractivity contribution in [2.24, 2.45) is 0 Å². The molecule has 0 aromatic heterocycles. The van der Waals surface area contributed by atoms with Gasteiger partial charge in [-0.15, -0.1) is 0 Å². The molecule has 0 unspecified atom stereocenters. The molecule has 2 N–H and O–H groups in total. The fourth-order valence-corrected chi connectivity index (χ4v) is 1.98. The van der Waals surface area contributed by atoms with Crippen LogP contribution in [-0.4, -0.2) is 30.7 Å². The molecule has 0 atom stereocenters. The molecule has 0 radical (unpaired) electrons. The summed E-state index contributed by atoms with van der Waals surface area (Å²) in [5, 5.41) is 10.5. The van der Waals surface area contributed by atoms with Gasteiger partial charge in [-0.05, 0) is 44.2 Å². The van der Waals surface area contributed by atoms with Crippen molar-refractivity contribution in [1.29, 1.82) is 0 Å². The molecule has 0 fully saturated rings. The van der Waals surface area contributed by atoms with Crippen LogP contribution in [0.1, 0.15) is 34.6 Å². The van der Waals surface area contributed by atoms with Crippen LogP contribution in [0.2, 0.25) is 0 Å². The molecule has 0 aliphatic rings. The number of Topliss-reactive ketones (excluding diaryl/α,β-unsaturated/α-hetero) is 2. The summed E-state index contributed by atoms with van der Waals surface area (Å²) in [7, 11) is 2.85. The van der Waals surface area contributed by atoms with Crippen molar-refractivity contribution < 1.29 is 24.0 Å². The fraction of sp³-hybridized carbons (Fsp3) is 0.222. The van der Waals surface area contributed by atoms with Crippen molar-refractivity contribution in [2.45, 2.75) is 13.8 Å². The molecule has 0 aliphatic carbocycles. The van der Waals surface area contributed by atoms with Crippen molar-refractivity contribution in [3.05, 3.63) is 57.6 Å². The predicted molar refractivity (Wildman–Crippen MR) is 97.1 cm³/mol. The van der Waals surface area contributed by atoms with Gasteiger partial charge in [0.25, 0.3) is 0 Å². The molecule has 2 aromatic carbocycles. The summed E-state index contributed by atoms with van der Waals surface area (Å²) < 4.78 is 9.76. The number of nitrogens with zero attached hydrogens (tertiary/aromatic N) is 1. The minimum absolute atomic E-state index is 0.00769. The molecule has 0 heterocycles. The zero-order valence-electron chi connectivity index (χ0n) is 14.9. The van der Waals surface area contributed by atoms with E-state index >= 15 is 0 Å². The van der Waals surface area contributed by atoms with Gasteiger partial charge in [0.1, 0.15) is 5.75 Å². The van der Waals surface area contributed by atoms with E-state index in [-0.39, 0.29) is 23.0 Å². The fourth-order valence-electron chi connectivity index (χ4n) is 1.98. The zero-order chi connectivity index (χ0) is 19.9. The highest BCUT2D eigenvalue weighted by molar-refractivity contribution is 5.95. The van der Waals surface area contributed by atoms with Crippen LogP contribution >= 0.6 is 0 Å². The number of nitrogen functional groups attached to an aromatic ring is 1. The van der Waals surface area contributed by atoms with Gasteiger partial charge in [0, 0.05) is 17.2 Å². The smallest absolute Gasteiger partial charge is 0.310 e. The Morgan fingerprint density at radius 2 is 1.38 bits per heavy atom. The van der Waals surface area contributed by atoms with Gasteiger partial charge in [0.05, 0.1) is 24.8 Å². The molecule has 8 heteroatoms. The van der Waals surface area contributed by atoms with Crippen LogP contribution in [0.3, 0.4) is 0 Å². The molecule has 0 saturated carbocycles.